The molecule has 0 fully saturated rings. The van der Waals surface area contributed by atoms with Crippen LogP contribution < -0.4 is 5.73 Å². The van der Waals surface area contributed by atoms with Crippen molar-refractivity contribution in [1.29, 1.82) is 0 Å². The van der Waals surface area contributed by atoms with Crippen LogP contribution in [0.3, 0.4) is 0 Å². The maximum absolute atomic E-state index is 11.3. The molecule has 3 nitrogen and oxygen atoms in total. The zero-order valence-corrected chi connectivity index (χ0v) is 11.0. The summed E-state index contributed by atoms with van der Waals surface area (Å²) in [5.41, 5.74) is 8.18. The van der Waals surface area contributed by atoms with Gasteiger partial charge >= 0.3 is 5.97 Å². The van der Waals surface area contributed by atoms with E-state index >= 15 is 0 Å². The third-order valence-electron chi connectivity index (χ3n) is 2.13. The van der Waals surface area contributed by atoms with Gasteiger partial charge in [-0.1, -0.05) is 12.6 Å². The van der Waals surface area contributed by atoms with Crippen LogP contribution in [0.2, 0.25) is 0 Å². The summed E-state index contributed by atoms with van der Waals surface area (Å²) in [6, 6.07) is 5.86. The van der Waals surface area contributed by atoms with E-state index < -0.39 is 0 Å². The molecule has 0 heterocycles. The van der Waals surface area contributed by atoms with Gasteiger partial charge in [0, 0.05) is 21.9 Å². The Balaban J connectivity index is 2.56. The molecule has 0 amide bonds. The molecule has 92 valence electrons. The van der Waals surface area contributed by atoms with Gasteiger partial charge in [-0.05, 0) is 31.5 Å². The van der Waals surface area contributed by atoms with Gasteiger partial charge in [0.25, 0.3) is 0 Å². The number of carbonyl (C=O) groups is 1. The Morgan fingerprint density at radius 3 is 2.82 bits per heavy atom. The van der Waals surface area contributed by atoms with Crippen molar-refractivity contribution in [3.05, 3.63) is 35.9 Å². The molecule has 0 bridgehead atoms. The Bertz CT molecular complexity index is 429. The molecule has 0 atom stereocenters. The lowest BCUT2D eigenvalue weighted by molar-refractivity contribution is -0.138. The van der Waals surface area contributed by atoms with Crippen LogP contribution in [0.25, 0.3) is 0 Å². The number of esters is 1. The first kappa shape index (κ1) is 13.6. The number of anilines is 1. The van der Waals surface area contributed by atoms with Gasteiger partial charge in [0.1, 0.15) is 0 Å². The van der Waals surface area contributed by atoms with E-state index in [1.807, 2.05) is 25.1 Å². The molecule has 0 spiro atoms. The normalized spacial score (nSPS) is 10.0. The number of nitrogen functional groups attached to an aromatic ring is 1. The second kappa shape index (κ2) is 6.35. The van der Waals surface area contributed by atoms with Crippen molar-refractivity contribution in [1.82, 2.24) is 0 Å². The van der Waals surface area contributed by atoms with Gasteiger partial charge in [-0.15, -0.1) is 11.8 Å². The number of benzene rings is 1. The van der Waals surface area contributed by atoms with Gasteiger partial charge < -0.3 is 10.5 Å². The van der Waals surface area contributed by atoms with Crippen LogP contribution in [0, 0.1) is 6.92 Å². The Kier molecular flexibility index (Phi) is 5.10. The largest absolute Gasteiger partial charge is 0.463 e. The summed E-state index contributed by atoms with van der Waals surface area (Å²) < 4.78 is 4.86. The highest BCUT2D eigenvalue weighted by Gasteiger charge is 2.09. The van der Waals surface area contributed by atoms with Gasteiger partial charge in [0.2, 0.25) is 0 Å². The van der Waals surface area contributed by atoms with Crippen molar-refractivity contribution >= 4 is 23.4 Å². The van der Waals surface area contributed by atoms with Gasteiger partial charge in [0.15, 0.2) is 0 Å². The highest BCUT2D eigenvalue weighted by Crippen LogP contribution is 2.27. The Hall–Kier alpha value is -1.42. The van der Waals surface area contributed by atoms with Gasteiger partial charge in [0.05, 0.1) is 6.61 Å². The van der Waals surface area contributed by atoms with Crippen LogP contribution in [-0.2, 0) is 9.53 Å². The van der Waals surface area contributed by atoms with Crippen molar-refractivity contribution in [2.75, 3.05) is 18.1 Å². The first-order valence-electron chi connectivity index (χ1n) is 5.38. The fourth-order valence-electron chi connectivity index (χ4n) is 1.26. The number of rotatable bonds is 5. The topological polar surface area (TPSA) is 52.3 Å². The SMILES string of the molecule is C=C(CSc1ccc(C)cc1N)C(=O)OCC. The molecule has 0 aliphatic carbocycles. The maximum Gasteiger partial charge on any atom is 0.334 e. The minimum absolute atomic E-state index is 0.342. The average Bonchev–Trinajstić information content (AvgIpc) is 2.27. The summed E-state index contributed by atoms with van der Waals surface area (Å²) in [5, 5.41) is 0. The van der Waals surface area contributed by atoms with Crippen LogP contribution in [0.15, 0.2) is 35.2 Å². The minimum Gasteiger partial charge on any atom is -0.463 e. The summed E-state index contributed by atoms with van der Waals surface area (Å²) in [6.07, 6.45) is 0. The predicted octanol–water partition coefficient (Wildman–Crippen LogP) is 2.79. The van der Waals surface area contributed by atoms with E-state index in [2.05, 4.69) is 6.58 Å². The number of aryl methyl sites for hydroxylation is 1. The van der Waals surface area contributed by atoms with Gasteiger partial charge in [-0.2, -0.15) is 0 Å². The van der Waals surface area contributed by atoms with Crippen LogP contribution in [0.5, 0.6) is 0 Å². The molecule has 17 heavy (non-hydrogen) atoms. The molecule has 0 saturated carbocycles. The predicted molar refractivity (Wildman–Crippen MR) is 72.1 cm³/mol. The fourth-order valence-corrected chi connectivity index (χ4v) is 2.09. The molecule has 0 saturated heterocycles. The minimum atomic E-state index is -0.342. The van der Waals surface area contributed by atoms with Crippen LogP contribution >= 0.6 is 11.8 Å². The van der Waals surface area contributed by atoms with Crippen molar-refractivity contribution < 1.29 is 9.53 Å². The standard InChI is InChI=1S/C13H17NO2S/c1-4-16-13(15)10(3)8-17-12-6-5-9(2)7-11(12)14/h5-7H,3-4,8,14H2,1-2H3. The molecule has 1 rings (SSSR count). The van der Waals surface area contributed by atoms with Crippen LogP contribution in [0.1, 0.15) is 12.5 Å². The molecule has 0 aliphatic heterocycles. The summed E-state index contributed by atoms with van der Waals surface area (Å²) in [6.45, 7) is 7.83. The van der Waals surface area contributed by atoms with Crippen molar-refractivity contribution in [3.63, 3.8) is 0 Å². The quantitative estimate of drug-likeness (QED) is 0.378. The maximum atomic E-state index is 11.3. The molecule has 0 aromatic heterocycles. The van der Waals surface area contributed by atoms with Crippen molar-refractivity contribution in [2.24, 2.45) is 0 Å². The van der Waals surface area contributed by atoms with E-state index in [1.54, 1.807) is 6.92 Å². The summed E-state index contributed by atoms with van der Waals surface area (Å²) in [7, 11) is 0. The molecule has 4 heteroatoms. The number of thioether (sulfide) groups is 1. The van der Waals surface area contributed by atoms with Crippen molar-refractivity contribution in [3.8, 4) is 0 Å². The average molecular weight is 251 g/mol. The van der Waals surface area contributed by atoms with Crippen LogP contribution in [0.4, 0.5) is 5.69 Å². The fraction of sp³-hybridized carbons (Fsp3) is 0.308. The number of ether oxygens (including phenoxy) is 1. The third kappa shape index (κ3) is 4.15. The summed E-state index contributed by atoms with van der Waals surface area (Å²) in [4.78, 5) is 12.3. The number of hydrogen-bond acceptors (Lipinski definition) is 4. The molecule has 1 aromatic carbocycles. The summed E-state index contributed by atoms with van der Waals surface area (Å²) >= 11 is 1.49. The Morgan fingerprint density at radius 1 is 1.53 bits per heavy atom. The second-order valence-corrected chi connectivity index (χ2v) is 4.67. The van der Waals surface area contributed by atoms with Gasteiger partial charge in [-0.25, -0.2) is 4.79 Å². The van der Waals surface area contributed by atoms with E-state index in [-0.39, 0.29) is 5.97 Å². The Morgan fingerprint density at radius 2 is 2.24 bits per heavy atom. The monoisotopic (exact) mass is 251 g/mol. The molecule has 0 aliphatic rings. The van der Waals surface area contributed by atoms with E-state index in [1.165, 1.54) is 11.8 Å². The smallest absolute Gasteiger partial charge is 0.334 e. The molecule has 2 N–H and O–H groups in total. The first-order valence-corrected chi connectivity index (χ1v) is 6.37. The van der Waals surface area contributed by atoms with E-state index in [0.29, 0.717) is 17.9 Å². The molecule has 0 radical (unpaired) electrons. The lowest BCUT2D eigenvalue weighted by atomic mass is 10.2. The van der Waals surface area contributed by atoms with Crippen molar-refractivity contribution in [2.45, 2.75) is 18.7 Å². The van der Waals surface area contributed by atoms with E-state index in [0.717, 1.165) is 16.1 Å². The summed E-state index contributed by atoms with van der Waals surface area (Å²) in [5.74, 6) is 0.150. The highest BCUT2D eigenvalue weighted by molar-refractivity contribution is 7.99. The molecular formula is C13H17NO2S. The Labute approximate surface area is 106 Å². The van der Waals surface area contributed by atoms with E-state index in [9.17, 15) is 4.79 Å². The van der Waals surface area contributed by atoms with E-state index in [4.69, 9.17) is 10.5 Å². The lowest BCUT2D eigenvalue weighted by Gasteiger charge is -2.07. The number of nitrogens with two attached hydrogens (primary N) is 1. The first-order chi connectivity index (χ1) is 8.04. The molecular weight excluding hydrogens is 234 g/mol. The number of carbonyl (C=O) groups excluding carboxylic acids is 1. The molecule has 0 unspecified atom stereocenters. The highest BCUT2D eigenvalue weighted by atomic mass is 32.2. The number of hydrogen-bond donors (Lipinski definition) is 1. The van der Waals surface area contributed by atoms with Crippen LogP contribution in [-0.4, -0.2) is 18.3 Å². The zero-order chi connectivity index (χ0) is 12.8. The third-order valence-corrected chi connectivity index (χ3v) is 3.31. The van der Waals surface area contributed by atoms with Gasteiger partial charge in [-0.3, -0.25) is 0 Å². The molecule has 1 aromatic rings. The second-order valence-electron chi connectivity index (χ2n) is 3.65. The zero-order valence-electron chi connectivity index (χ0n) is 10.2. The lowest BCUT2D eigenvalue weighted by Crippen LogP contribution is -2.08.